The van der Waals surface area contributed by atoms with Crippen molar-refractivity contribution in [3.05, 3.63) is 0 Å². The zero-order valence-electron chi connectivity index (χ0n) is 10.5. The molecule has 14 heavy (non-hydrogen) atoms. The standard InChI is InChI=1S/C12H27NS/c1-6-8-10(3)13-9-12(5)14-11(4)7-2/h10-13H,6-9H2,1-5H3. The van der Waals surface area contributed by atoms with Crippen LogP contribution in [-0.2, 0) is 0 Å². The predicted molar refractivity (Wildman–Crippen MR) is 69.2 cm³/mol. The summed E-state index contributed by atoms with van der Waals surface area (Å²) in [5.41, 5.74) is 0. The normalized spacial score (nSPS) is 17.8. The van der Waals surface area contributed by atoms with Crippen LogP contribution in [-0.4, -0.2) is 23.1 Å². The van der Waals surface area contributed by atoms with Crippen molar-refractivity contribution >= 4 is 11.8 Å². The Kier molecular flexibility index (Phi) is 8.80. The largest absolute Gasteiger partial charge is 0.313 e. The fourth-order valence-corrected chi connectivity index (χ4v) is 2.62. The van der Waals surface area contributed by atoms with E-state index in [0.29, 0.717) is 6.04 Å². The molecule has 0 rings (SSSR count). The Labute approximate surface area is 94.4 Å². The molecule has 0 spiro atoms. The third-order valence-electron chi connectivity index (χ3n) is 2.51. The van der Waals surface area contributed by atoms with Gasteiger partial charge in [-0.15, -0.1) is 0 Å². The highest BCUT2D eigenvalue weighted by molar-refractivity contribution is 8.00. The van der Waals surface area contributed by atoms with E-state index in [1.54, 1.807) is 0 Å². The lowest BCUT2D eigenvalue weighted by Crippen LogP contribution is -2.31. The maximum atomic E-state index is 3.59. The van der Waals surface area contributed by atoms with Crippen LogP contribution in [0.15, 0.2) is 0 Å². The molecule has 0 saturated carbocycles. The first-order valence-electron chi connectivity index (χ1n) is 5.98. The second kappa shape index (κ2) is 8.60. The molecular formula is C12H27NS. The summed E-state index contributed by atoms with van der Waals surface area (Å²) in [6, 6.07) is 0.681. The maximum absolute atomic E-state index is 3.59. The molecule has 0 fully saturated rings. The van der Waals surface area contributed by atoms with Gasteiger partial charge in [-0.1, -0.05) is 34.1 Å². The van der Waals surface area contributed by atoms with Crippen LogP contribution in [0.2, 0.25) is 0 Å². The van der Waals surface area contributed by atoms with Crippen molar-refractivity contribution in [2.24, 2.45) is 0 Å². The zero-order chi connectivity index (χ0) is 11.0. The molecule has 0 saturated heterocycles. The van der Waals surface area contributed by atoms with Gasteiger partial charge in [-0.3, -0.25) is 0 Å². The number of nitrogens with one attached hydrogen (secondary N) is 1. The quantitative estimate of drug-likeness (QED) is 0.665. The first-order chi connectivity index (χ1) is 6.60. The van der Waals surface area contributed by atoms with Crippen LogP contribution in [0.3, 0.4) is 0 Å². The van der Waals surface area contributed by atoms with E-state index < -0.39 is 0 Å². The van der Waals surface area contributed by atoms with Crippen molar-refractivity contribution in [2.45, 2.75) is 70.4 Å². The summed E-state index contributed by atoms with van der Waals surface area (Å²) in [6.45, 7) is 12.6. The number of thioether (sulfide) groups is 1. The second-order valence-electron chi connectivity index (χ2n) is 4.26. The predicted octanol–water partition coefficient (Wildman–Crippen LogP) is 3.68. The summed E-state index contributed by atoms with van der Waals surface area (Å²) in [7, 11) is 0. The fraction of sp³-hybridized carbons (Fsp3) is 1.00. The van der Waals surface area contributed by atoms with E-state index in [1.807, 2.05) is 0 Å². The van der Waals surface area contributed by atoms with Gasteiger partial charge in [-0.25, -0.2) is 0 Å². The van der Waals surface area contributed by atoms with E-state index in [2.05, 4.69) is 51.7 Å². The molecule has 2 heteroatoms. The Morgan fingerprint density at radius 2 is 1.71 bits per heavy atom. The van der Waals surface area contributed by atoms with Crippen LogP contribution >= 0.6 is 11.8 Å². The first-order valence-corrected chi connectivity index (χ1v) is 6.93. The van der Waals surface area contributed by atoms with E-state index in [-0.39, 0.29) is 0 Å². The minimum atomic E-state index is 0.681. The first kappa shape index (κ1) is 14.3. The smallest absolute Gasteiger partial charge is 0.0146 e. The van der Waals surface area contributed by atoms with Crippen molar-refractivity contribution < 1.29 is 0 Å². The van der Waals surface area contributed by atoms with Gasteiger partial charge in [0.1, 0.15) is 0 Å². The molecule has 0 radical (unpaired) electrons. The number of rotatable bonds is 8. The van der Waals surface area contributed by atoms with Crippen LogP contribution in [0.25, 0.3) is 0 Å². The van der Waals surface area contributed by atoms with Gasteiger partial charge >= 0.3 is 0 Å². The minimum absolute atomic E-state index is 0.681. The van der Waals surface area contributed by atoms with Gasteiger partial charge in [0.25, 0.3) is 0 Å². The third kappa shape index (κ3) is 7.69. The molecule has 0 aromatic carbocycles. The molecule has 3 unspecified atom stereocenters. The molecule has 1 N–H and O–H groups in total. The highest BCUT2D eigenvalue weighted by Gasteiger charge is 2.08. The molecule has 0 aliphatic carbocycles. The van der Waals surface area contributed by atoms with Gasteiger partial charge < -0.3 is 5.32 Å². The summed E-state index contributed by atoms with van der Waals surface area (Å²) in [5, 5.41) is 5.13. The van der Waals surface area contributed by atoms with Gasteiger partial charge in [0, 0.05) is 23.1 Å². The maximum Gasteiger partial charge on any atom is 0.0146 e. The van der Waals surface area contributed by atoms with Crippen molar-refractivity contribution in [2.75, 3.05) is 6.54 Å². The molecule has 0 amide bonds. The summed E-state index contributed by atoms with van der Waals surface area (Å²) >= 11 is 2.10. The van der Waals surface area contributed by atoms with Gasteiger partial charge in [-0.05, 0) is 19.8 Å². The Morgan fingerprint density at radius 1 is 1.07 bits per heavy atom. The Hall–Kier alpha value is 0.310. The highest BCUT2D eigenvalue weighted by Crippen LogP contribution is 2.19. The van der Waals surface area contributed by atoms with Crippen LogP contribution < -0.4 is 5.32 Å². The van der Waals surface area contributed by atoms with Crippen molar-refractivity contribution in [3.63, 3.8) is 0 Å². The lowest BCUT2D eigenvalue weighted by molar-refractivity contribution is 0.511. The average Bonchev–Trinajstić information content (AvgIpc) is 2.15. The Balaban J connectivity index is 3.47. The van der Waals surface area contributed by atoms with Crippen LogP contribution in [0.1, 0.15) is 53.9 Å². The van der Waals surface area contributed by atoms with Crippen LogP contribution in [0.5, 0.6) is 0 Å². The fourth-order valence-electron chi connectivity index (χ4n) is 1.44. The molecule has 0 aromatic rings. The van der Waals surface area contributed by atoms with Gasteiger partial charge in [0.05, 0.1) is 0 Å². The van der Waals surface area contributed by atoms with E-state index >= 15 is 0 Å². The molecule has 0 heterocycles. The molecule has 0 aliphatic rings. The molecule has 0 aliphatic heterocycles. The summed E-state index contributed by atoms with van der Waals surface area (Å²) in [5.74, 6) is 0. The average molecular weight is 217 g/mol. The number of hydrogen-bond acceptors (Lipinski definition) is 2. The summed E-state index contributed by atoms with van der Waals surface area (Å²) in [4.78, 5) is 0. The van der Waals surface area contributed by atoms with Crippen molar-refractivity contribution in [3.8, 4) is 0 Å². The molecule has 86 valence electrons. The van der Waals surface area contributed by atoms with Crippen molar-refractivity contribution in [1.82, 2.24) is 5.32 Å². The van der Waals surface area contributed by atoms with E-state index in [1.165, 1.54) is 19.3 Å². The Morgan fingerprint density at radius 3 is 2.21 bits per heavy atom. The second-order valence-corrected chi connectivity index (χ2v) is 6.15. The lowest BCUT2D eigenvalue weighted by atomic mass is 10.2. The SMILES string of the molecule is CCCC(C)NCC(C)SC(C)CC. The Bertz CT molecular complexity index is 127. The van der Waals surface area contributed by atoms with E-state index in [9.17, 15) is 0 Å². The molecule has 0 bridgehead atoms. The molecular weight excluding hydrogens is 190 g/mol. The summed E-state index contributed by atoms with van der Waals surface area (Å²) < 4.78 is 0. The minimum Gasteiger partial charge on any atom is -0.313 e. The summed E-state index contributed by atoms with van der Waals surface area (Å²) in [6.07, 6.45) is 3.85. The van der Waals surface area contributed by atoms with Crippen LogP contribution in [0, 0.1) is 0 Å². The van der Waals surface area contributed by atoms with Gasteiger partial charge in [-0.2, -0.15) is 11.8 Å². The highest BCUT2D eigenvalue weighted by atomic mass is 32.2. The van der Waals surface area contributed by atoms with E-state index in [4.69, 9.17) is 0 Å². The molecule has 1 nitrogen and oxygen atoms in total. The topological polar surface area (TPSA) is 12.0 Å². The van der Waals surface area contributed by atoms with Crippen molar-refractivity contribution in [1.29, 1.82) is 0 Å². The molecule has 3 atom stereocenters. The van der Waals surface area contributed by atoms with Gasteiger partial charge in [0.2, 0.25) is 0 Å². The number of hydrogen-bond donors (Lipinski definition) is 1. The van der Waals surface area contributed by atoms with Crippen LogP contribution in [0.4, 0.5) is 0 Å². The molecule has 0 aromatic heterocycles. The monoisotopic (exact) mass is 217 g/mol. The van der Waals surface area contributed by atoms with Gasteiger partial charge in [0.15, 0.2) is 0 Å². The zero-order valence-corrected chi connectivity index (χ0v) is 11.3. The van der Waals surface area contributed by atoms with E-state index in [0.717, 1.165) is 17.0 Å². The third-order valence-corrected chi connectivity index (χ3v) is 3.94. The lowest BCUT2D eigenvalue weighted by Gasteiger charge is -2.19.